The monoisotopic (exact) mass is 758 g/mol. The third-order valence-electron chi connectivity index (χ3n) is 10.3. The van der Waals surface area contributed by atoms with Crippen LogP contribution in [0.3, 0.4) is 0 Å². The highest BCUT2D eigenvalue weighted by molar-refractivity contribution is 7.13. The molecule has 0 unspecified atom stereocenters. The molecule has 2 saturated heterocycles. The van der Waals surface area contributed by atoms with Gasteiger partial charge in [0.1, 0.15) is 17.8 Å². The number of carbonyl (C=O) groups excluding carboxylic acids is 4. The molecular weight excluding hydrogens is 708 g/mol. The van der Waals surface area contributed by atoms with Gasteiger partial charge in [-0.25, -0.2) is 14.2 Å². The Morgan fingerprint density at radius 3 is 2.47 bits per heavy atom. The Hall–Kier alpha value is -4.31. The number of carbonyl (C=O) groups is 5. The number of piperidine rings is 1. The van der Waals surface area contributed by atoms with E-state index in [4.69, 9.17) is 9.84 Å². The minimum Gasteiger partial charge on any atom is -0.483 e. The first-order chi connectivity index (χ1) is 25.1. The Labute approximate surface area is 312 Å². The number of thiazole rings is 1. The molecule has 3 heterocycles. The molecule has 2 aromatic rings. The van der Waals surface area contributed by atoms with Gasteiger partial charge in [0.15, 0.2) is 12.3 Å². The number of nitrogens with zero attached hydrogens (tertiary/aromatic N) is 3. The van der Waals surface area contributed by atoms with Crippen LogP contribution in [0.25, 0.3) is 10.4 Å². The van der Waals surface area contributed by atoms with Crippen LogP contribution in [0.2, 0.25) is 0 Å². The van der Waals surface area contributed by atoms with Crippen molar-refractivity contribution in [3.63, 3.8) is 0 Å². The van der Waals surface area contributed by atoms with Gasteiger partial charge in [0.25, 0.3) is 11.8 Å². The average molecular weight is 759 g/mol. The summed E-state index contributed by atoms with van der Waals surface area (Å²) in [6, 6.07) is 3.37. The van der Waals surface area contributed by atoms with E-state index >= 15 is 0 Å². The van der Waals surface area contributed by atoms with Gasteiger partial charge in [0, 0.05) is 44.7 Å². The lowest BCUT2D eigenvalue weighted by molar-refractivity contribution is -0.145. The number of likely N-dealkylation sites (tertiary alicyclic amines) is 2. The second kappa shape index (κ2) is 16.8. The van der Waals surface area contributed by atoms with Gasteiger partial charge < -0.3 is 40.7 Å². The average Bonchev–Trinajstić information content (AvgIpc) is 3.52. The predicted molar refractivity (Wildman–Crippen MR) is 195 cm³/mol. The zero-order chi connectivity index (χ0) is 38.5. The van der Waals surface area contributed by atoms with E-state index in [1.807, 2.05) is 25.1 Å². The molecule has 5 N–H and O–H groups in total. The number of alkyl halides is 1. The molecule has 1 aliphatic carbocycles. The van der Waals surface area contributed by atoms with Gasteiger partial charge in [0.05, 0.1) is 22.2 Å². The molecule has 0 spiro atoms. The SMILES string of the molecule is Cc1ncsc1-c1ccc(CNC(=O)[C@H]2C[C@H](O)CN2C(=O)[C@H](NC(=O)C2(F)CC2)C(C)(C)C)c(OCC(=O)N2CCC(CCCNC(=O)O)CC2)c1. The molecule has 14 nitrogen and oxygen atoms in total. The minimum atomic E-state index is -1.98. The van der Waals surface area contributed by atoms with Crippen molar-refractivity contribution < 1.29 is 43.3 Å². The van der Waals surface area contributed by atoms with Crippen molar-refractivity contribution in [1.82, 2.24) is 30.7 Å². The Morgan fingerprint density at radius 2 is 1.85 bits per heavy atom. The molecule has 2 aliphatic heterocycles. The van der Waals surface area contributed by atoms with Gasteiger partial charge in [0.2, 0.25) is 11.8 Å². The van der Waals surface area contributed by atoms with Crippen molar-refractivity contribution >= 4 is 41.1 Å². The highest BCUT2D eigenvalue weighted by Gasteiger charge is 2.53. The maximum absolute atomic E-state index is 14.6. The number of hydrogen-bond donors (Lipinski definition) is 5. The Morgan fingerprint density at radius 1 is 1.13 bits per heavy atom. The zero-order valence-electron chi connectivity index (χ0n) is 30.8. The van der Waals surface area contributed by atoms with E-state index in [0.29, 0.717) is 36.9 Å². The number of halogens is 1. The molecule has 16 heteroatoms. The van der Waals surface area contributed by atoms with Crippen LogP contribution in [-0.4, -0.2) is 111 Å². The van der Waals surface area contributed by atoms with Gasteiger partial charge in [-0.2, -0.15) is 0 Å². The fourth-order valence-corrected chi connectivity index (χ4v) is 7.66. The number of nitrogens with one attached hydrogen (secondary N) is 3. The van der Waals surface area contributed by atoms with Crippen LogP contribution in [0.4, 0.5) is 9.18 Å². The number of aliphatic hydroxyl groups is 1. The normalized spacial score (nSPS) is 20.4. The Balaban J connectivity index is 1.23. The van der Waals surface area contributed by atoms with E-state index < -0.39 is 53.1 Å². The van der Waals surface area contributed by atoms with Crippen LogP contribution in [0.1, 0.15) is 77.0 Å². The summed E-state index contributed by atoms with van der Waals surface area (Å²) in [5.41, 5.74) is 1.24. The Bertz CT molecular complexity index is 1670. The molecule has 5 amide bonds. The molecule has 1 saturated carbocycles. The number of rotatable bonds is 14. The standard InChI is InChI=1S/C37H51FN6O8S/c1-22-30(53-21-41-22)24-7-8-25(28(16-24)52-20-29(46)43-14-9-23(10-15-43)6-5-13-39-35(50)51)18-40-32(47)27-17-26(45)19-44(27)33(48)31(36(2,3)4)42-34(49)37(38)11-12-37/h7-8,16,21,23,26-27,31,39,45H,5-6,9-15,17-20H2,1-4H3,(H,40,47)(H,42,49)(H,50,51)/t26-,27+,31-/m0/s1. The van der Waals surface area contributed by atoms with E-state index in [-0.39, 0.29) is 44.9 Å². The number of aromatic nitrogens is 1. The largest absolute Gasteiger partial charge is 0.483 e. The van der Waals surface area contributed by atoms with Crippen molar-refractivity contribution in [2.45, 2.75) is 103 Å². The van der Waals surface area contributed by atoms with Crippen LogP contribution in [0.15, 0.2) is 23.7 Å². The molecule has 0 radical (unpaired) electrons. The summed E-state index contributed by atoms with van der Waals surface area (Å²) >= 11 is 1.47. The van der Waals surface area contributed by atoms with Crippen LogP contribution in [0, 0.1) is 18.3 Å². The summed E-state index contributed by atoms with van der Waals surface area (Å²) in [5.74, 6) is -1.27. The van der Waals surface area contributed by atoms with E-state index in [0.717, 1.165) is 41.8 Å². The van der Waals surface area contributed by atoms with Crippen molar-refractivity contribution in [1.29, 1.82) is 0 Å². The van der Waals surface area contributed by atoms with Crippen LogP contribution in [-0.2, 0) is 25.7 Å². The molecular formula is C37H51FN6O8S. The maximum atomic E-state index is 14.6. The first-order valence-electron chi connectivity index (χ1n) is 18.2. The molecule has 1 aromatic carbocycles. The molecule has 5 rings (SSSR count). The van der Waals surface area contributed by atoms with Crippen molar-refractivity contribution in [3.05, 3.63) is 35.0 Å². The minimum absolute atomic E-state index is 0.00483. The van der Waals surface area contributed by atoms with E-state index in [2.05, 4.69) is 20.9 Å². The molecule has 1 aromatic heterocycles. The first-order valence-corrected chi connectivity index (χ1v) is 19.1. The van der Waals surface area contributed by atoms with Crippen LogP contribution in [0.5, 0.6) is 5.75 Å². The Kier molecular flexibility index (Phi) is 12.6. The van der Waals surface area contributed by atoms with Crippen molar-refractivity contribution in [3.8, 4) is 16.2 Å². The van der Waals surface area contributed by atoms with Crippen LogP contribution >= 0.6 is 11.3 Å². The maximum Gasteiger partial charge on any atom is 0.404 e. The van der Waals surface area contributed by atoms with E-state index in [1.54, 1.807) is 31.2 Å². The summed E-state index contributed by atoms with van der Waals surface area (Å²) < 4.78 is 20.7. The third kappa shape index (κ3) is 10.2. The lowest BCUT2D eigenvalue weighted by atomic mass is 9.85. The molecule has 290 valence electrons. The van der Waals surface area contributed by atoms with Crippen molar-refractivity contribution in [2.24, 2.45) is 11.3 Å². The highest BCUT2D eigenvalue weighted by atomic mass is 32.1. The quantitative estimate of drug-likeness (QED) is 0.180. The topological polar surface area (TPSA) is 190 Å². The second-order valence-corrected chi connectivity index (χ2v) is 16.3. The molecule has 53 heavy (non-hydrogen) atoms. The number of benzene rings is 1. The fraction of sp³-hybridized carbons (Fsp3) is 0.622. The summed E-state index contributed by atoms with van der Waals surface area (Å²) in [6.07, 6.45) is 1.47. The van der Waals surface area contributed by atoms with Gasteiger partial charge in [-0.1, -0.05) is 32.9 Å². The van der Waals surface area contributed by atoms with E-state index in [1.165, 1.54) is 16.2 Å². The zero-order valence-corrected chi connectivity index (χ0v) is 31.6. The number of hydrogen-bond acceptors (Lipinski definition) is 9. The lowest BCUT2D eigenvalue weighted by Crippen LogP contribution is -2.59. The number of aryl methyl sites for hydroxylation is 1. The van der Waals surface area contributed by atoms with Gasteiger partial charge in [-0.3, -0.25) is 19.2 Å². The molecule has 0 bridgehead atoms. The number of aliphatic hydroxyl groups excluding tert-OH is 1. The van der Waals surface area contributed by atoms with E-state index in [9.17, 15) is 33.5 Å². The smallest absolute Gasteiger partial charge is 0.404 e. The second-order valence-electron chi connectivity index (χ2n) is 15.4. The van der Waals surface area contributed by atoms with Gasteiger partial charge in [-0.05, 0) is 68.4 Å². The van der Waals surface area contributed by atoms with Crippen molar-refractivity contribution in [2.75, 3.05) is 32.8 Å². The number of ether oxygens (including phenoxy) is 1. The lowest BCUT2D eigenvalue weighted by Gasteiger charge is -2.35. The fourth-order valence-electron chi connectivity index (χ4n) is 6.86. The van der Waals surface area contributed by atoms with Gasteiger partial charge in [-0.15, -0.1) is 11.3 Å². The first kappa shape index (κ1) is 39.9. The molecule has 3 fully saturated rings. The van der Waals surface area contributed by atoms with Gasteiger partial charge >= 0.3 is 6.09 Å². The number of β-amino-alcohol motifs (C(OH)–C–C–N with tert-alkyl or cyclic N) is 1. The highest BCUT2D eigenvalue weighted by Crippen LogP contribution is 2.40. The number of carboxylic acid groups (broad SMARTS) is 1. The summed E-state index contributed by atoms with van der Waals surface area (Å²) in [5, 5.41) is 27.1. The third-order valence-corrected chi connectivity index (χ3v) is 11.2. The summed E-state index contributed by atoms with van der Waals surface area (Å²) in [7, 11) is 0. The van der Waals surface area contributed by atoms with Crippen LogP contribution < -0.4 is 20.7 Å². The summed E-state index contributed by atoms with van der Waals surface area (Å²) in [4.78, 5) is 72.4. The molecule has 3 aliphatic rings. The molecule has 3 atom stereocenters. The predicted octanol–water partition coefficient (Wildman–Crippen LogP) is 3.39. The number of amides is 5. The summed E-state index contributed by atoms with van der Waals surface area (Å²) in [6.45, 7) is 8.38.